The van der Waals surface area contributed by atoms with Gasteiger partial charge in [-0.15, -0.1) is 15.2 Å². The first-order valence-electron chi connectivity index (χ1n) is 26.2. The Morgan fingerprint density at radius 1 is 0.356 bits per heavy atom. The minimum absolute atomic E-state index is 0.0478. The summed E-state index contributed by atoms with van der Waals surface area (Å²) in [6.07, 6.45) is 13.8. The zero-order chi connectivity index (χ0) is 53.1. The number of carbonyl (C=O) groups is 12. The quantitative estimate of drug-likeness (QED) is 0.0637. The molecule has 3 rings (SSSR count). The molecule has 3 saturated heterocycles. The Morgan fingerprint density at radius 2 is 0.630 bits per heavy atom. The molecular weight excluding hydrogens is 959 g/mol. The van der Waals surface area contributed by atoms with Crippen LogP contribution in [0, 0.1) is 5.92 Å². The van der Waals surface area contributed by atoms with Crippen molar-refractivity contribution in [3.63, 3.8) is 0 Å². The first kappa shape index (κ1) is 61.6. The second kappa shape index (κ2) is 37.1. The predicted octanol–water partition coefficient (Wildman–Crippen LogP) is 4.25. The van der Waals surface area contributed by atoms with Gasteiger partial charge < -0.3 is 39.4 Å². The van der Waals surface area contributed by atoms with Crippen molar-refractivity contribution in [2.24, 2.45) is 5.92 Å². The van der Waals surface area contributed by atoms with Crippen LogP contribution in [0.15, 0.2) is 0 Å². The molecule has 2 N–H and O–H groups in total. The second-order valence-electron chi connectivity index (χ2n) is 18.4. The summed E-state index contributed by atoms with van der Waals surface area (Å²) in [5.74, 6) is -5.34. The first-order valence-corrected chi connectivity index (χ1v) is 26.2. The number of hydrogen-bond acceptors (Lipinski definition) is 18. The number of ketones is 1. The molecule has 0 aliphatic carbocycles. The summed E-state index contributed by atoms with van der Waals surface area (Å²) in [6, 6.07) is 0. The highest BCUT2D eigenvalue weighted by atomic mass is 16.7. The van der Waals surface area contributed by atoms with Crippen molar-refractivity contribution in [2.45, 2.75) is 186 Å². The van der Waals surface area contributed by atoms with Crippen molar-refractivity contribution in [1.82, 2.24) is 25.8 Å². The average molecular weight is 1040 g/mol. The summed E-state index contributed by atoms with van der Waals surface area (Å²) < 4.78 is 17.5. The van der Waals surface area contributed by atoms with Gasteiger partial charge in [0.1, 0.15) is 5.78 Å². The Labute approximate surface area is 426 Å². The molecular formula is C50H77N5O18. The molecule has 3 aliphatic rings. The van der Waals surface area contributed by atoms with Crippen molar-refractivity contribution in [1.29, 1.82) is 0 Å². The Bertz CT molecular complexity index is 1590. The maximum absolute atomic E-state index is 12.5. The van der Waals surface area contributed by atoms with Crippen LogP contribution < -0.4 is 10.6 Å². The van der Waals surface area contributed by atoms with E-state index in [4.69, 9.17) is 28.7 Å². The van der Waals surface area contributed by atoms with Gasteiger partial charge in [0, 0.05) is 102 Å². The van der Waals surface area contributed by atoms with E-state index in [0.717, 1.165) is 83.5 Å². The molecule has 23 nitrogen and oxygen atoms in total. The minimum Gasteiger partial charge on any atom is -0.381 e. The van der Waals surface area contributed by atoms with Crippen LogP contribution in [0.3, 0.4) is 0 Å². The molecule has 0 saturated carbocycles. The van der Waals surface area contributed by atoms with Crippen molar-refractivity contribution >= 4 is 70.9 Å². The van der Waals surface area contributed by atoms with Crippen LogP contribution in [-0.2, 0) is 86.3 Å². The van der Waals surface area contributed by atoms with Gasteiger partial charge >= 0.3 is 17.9 Å². The van der Waals surface area contributed by atoms with Gasteiger partial charge in [-0.3, -0.25) is 43.2 Å². The maximum Gasteiger partial charge on any atom is 0.333 e. The number of carbonyl (C=O) groups excluding carboxylic acids is 12. The van der Waals surface area contributed by atoms with Crippen LogP contribution in [0.5, 0.6) is 0 Å². The fourth-order valence-corrected chi connectivity index (χ4v) is 7.73. The molecule has 410 valence electrons. The summed E-state index contributed by atoms with van der Waals surface area (Å²) in [6.45, 7) is 2.22. The summed E-state index contributed by atoms with van der Waals surface area (Å²) in [5, 5.41) is 7.40. The zero-order valence-electron chi connectivity index (χ0n) is 42.4. The topological polar surface area (TPSA) is 294 Å². The number of rotatable bonds is 43. The molecule has 0 atom stereocenters. The number of ether oxygens (including phenoxy) is 3. The third kappa shape index (κ3) is 27.8. The van der Waals surface area contributed by atoms with Crippen LogP contribution in [0.2, 0.25) is 0 Å². The number of unbranched alkanes of at least 4 members (excludes halogenated alkanes) is 13. The van der Waals surface area contributed by atoms with E-state index in [1.807, 2.05) is 0 Å². The third-order valence-corrected chi connectivity index (χ3v) is 12.0. The monoisotopic (exact) mass is 1040 g/mol. The van der Waals surface area contributed by atoms with Gasteiger partial charge in [-0.25, -0.2) is 14.4 Å². The molecule has 73 heavy (non-hydrogen) atoms. The molecule has 0 bridgehead atoms. The number of hydroxylamine groups is 6. The van der Waals surface area contributed by atoms with Crippen LogP contribution in [0.1, 0.15) is 186 Å². The van der Waals surface area contributed by atoms with Gasteiger partial charge in [0.2, 0.25) is 11.8 Å². The largest absolute Gasteiger partial charge is 0.381 e. The number of nitrogens with one attached hydrogen (secondary N) is 2. The molecule has 0 aromatic rings. The summed E-state index contributed by atoms with van der Waals surface area (Å²) in [7, 11) is 0. The molecule has 3 heterocycles. The van der Waals surface area contributed by atoms with Gasteiger partial charge in [-0.2, -0.15) is 0 Å². The molecule has 0 aromatic heterocycles. The zero-order valence-corrected chi connectivity index (χ0v) is 42.4. The van der Waals surface area contributed by atoms with Crippen LogP contribution in [0.4, 0.5) is 0 Å². The fraction of sp³-hybridized carbons (Fsp3) is 0.760. The third-order valence-electron chi connectivity index (χ3n) is 12.0. The van der Waals surface area contributed by atoms with Gasteiger partial charge in [0.15, 0.2) is 0 Å². The van der Waals surface area contributed by atoms with Crippen molar-refractivity contribution < 1.29 is 86.3 Å². The van der Waals surface area contributed by atoms with Gasteiger partial charge in [-0.05, 0) is 38.5 Å². The molecule has 23 heteroatoms. The van der Waals surface area contributed by atoms with E-state index in [-0.39, 0.29) is 140 Å². The van der Waals surface area contributed by atoms with Crippen LogP contribution in [-0.4, -0.2) is 139 Å². The Hall–Kier alpha value is -5.68. The van der Waals surface area contributed by atoms with E-state index in [0.29, 0.717) is 54.0 Å². The van der Waals surface area contributed by atoms with Crippen LogP contribution >= 0.6 is 0 Å². The number of amides is 8. The summed E-state index contributed by atoms with van der Waals surface area (Å²) >= 11 is 0. The van der Waals surface area contributed by atoms with E-state index in [2.05, 4.69) is 10.6 Å². The Morgan fingerprint density at radius 3 is 0.959 bits per heavy atom. The van der Waals surface area contributed by atoms with E-state index in [9.17, 15) is 57.5 Å². The SMILES string of the molecule is O=C(CCCCCCCCC(=O)ON1C(=O)CCC1=O)CCOCC(COCCC(=O)NCCCCCCCC(=O)ON1C(=O)CCC1=O)COCCC(=O)NCCCCCCCC(=O)ON1C(=O)CCC1=O. The van der Waals surface area contributed by atoms with Crippen LogP contribution in [0.25, 0.3) is 0 Å². The second-order valence-corrected chi connectivity index (χ2v) is 18.4. The first-order chi connectivity index (χ1) is 35.2. The van der Waals surface area contributed by atoms with Crippen molar-refractivity contribution in [3.8, 4) is 0 Å². The molecule has 3 fully saturated rings. The molecule has 8 amide bonds. The number of hydrogen-bond donors (Lipinski definition) is 2. The van der Waals surface area contributed by atoms with E-state index in [1.165, 1.54) is 0 Å². The maximum atomic E-state index is 12.5. The summed E-state index contributed by atoms with van der Waals surface area (Å²) in [4.78, 5) is 157. The number of nitrogens with zero attached hydrogens (tertiary/aromatic N) is 3. The van der Waals surface area contributed by atoms with Gasteiger partial charge in [0.25, 0.3) is 35.4 Å². The normalized spacial score (nSPS) is 14.7. The molecule has 0 unspecified atom stereocenters. The molecule has 0 aromatic carbocycles. The highest BCUT2D eigenvalue weighted by Gasteiger charge is 2.34. The van der Waals surface area contributed by atoms with Crippen molar-refractivity contribution in [3.05, 3.63) is 0 Å². The lowest BCUT2D eigenvalue weighted by Crippen LogP contribution is -2.31. The number of imide groups is 3. The Balaban J connectivity index is 1.23. The lowest BCUT2D eigenvalue weighted by atomic mass is 10.1. The minimum atomic E-state index is -0.615. The molecule has 0 spiro atoms. The smallest absolute Gasteiger partial charge is 0.333 e. The molecule has 3 aliphatic heterocycles. The van der Waals surface area contributed by atoms with E-state index >= 15 is 0 Å². The molecule has 0 radical (unpaired) electrons. The average Bonchev–Trinajstić information content (AvgIpc) is 3.98. The van der Waals surface area contributed by atoms with E-state index in [1.54, 1.807) is 0 Å². The highest BCUT2D eigenvalue weighted by Crippen LogP contribution is 2.17. The van der Waals surface area contributed by atoms with Gasteiger partial charge in [0.05, 0.1) is 39.6 Å². The van der Waals surface area contributed by atoms with Gasteiger partial charge in [-0.1, -0.05) is 64.2 Å². The fourth-order valence-electron chi connectivity index (χ4n) is 7.73. The standard InChI is InChI=1S/C50H77N5O18/c56-39(17-11-5-1-2-6-12-18-48(65)71-53-42(59)21-22-43(53)60)27-32-68-35-38(36-69-33-28-40(57)51-30-15-9-3-7-13-19-49(66)72-54-44(61)23-24-45(54)62)37-70-34-29-41(58)52-31-16-10-4-8-14-20-50(67)73-55-46(63)25-26-47(55)64/h38H,1-37H2,(H,51,57)(H,52,58). The van der Waals surface area contributed by atoms with Crippen molar-refractivity contribution in [2.75, 3.05) is 52.7 Å². The number of Topliss-reactive ketones (excluding diaryl/α,β-unsaturated/α-hetero) is 1. The highest BCUT2D eigenvalue weighted by molar-refractivity contribution is 6.02. The summed E-state index contributed by atoms with van der Waals surface area (Å²) in [5.41, 5.74) is 0. The lowest BCUT2D eigenvalue weighted by molar-refractivity contribution is -0.197. The lowest BCUT2D eigenvalue weighted by Gasteiger charge is -2.18. The predicted molar refractivity (Wildman–Crippen MR) is 255 cm³/mol. The Kier molecular flexibility index (Phi) is 31.3. The van der Waals surface area contributed by atoms with E-state index < -0.39 is 53.4 Å².